The second-order valence-electron chi connectivity index (χ2n) is 2.69. The van der Waals surface area contributed by atoms with Crippen molar-refractivity contribution < 1.29 is 9.85 Å². The van der Waals surface area contributed by atoms with Crippen molar-refractivity contribution in [3.05, 3.63) is 20.2 Å². The summed E-state index contributed by atoms with van der Waals surface area (Å²) in [7, 11) is 0. The molecule has 0 aliphatic rings. The van der Waals surface area contributed by atoms with E-state index in [0.717, 1.165) is 0 Å². The summed E-state index contributed by atoms with van der Waals surface area (Å²) in [6.45, 7) is 1.41. The van der Waals surface area contributed by atoms with Gasteiger partial charge in [-0.25, -0.2) is 0 Å². The van der Waals surface area contributed by atoms with Crippen molar-refractivity contribution in [2.45, 2.75) is 32.2 Å². The third-order valence-corrected chi connectivity index (χ3v) is 1.57. The summed E-state index contributed by atoms with van der Waals surface area (Å²) in [6.07, 6.45) is 1.38. The first-order valence-electron chi connectivity index (χ1n) is 3.79. The molecule has 0 heterocycles. The largest absolute Gasteiger partial charge is 0.265 e. The molecular formula is C6H12N2O4. The smallest absolute Gasteiger partial charge is 0.210 e. The van der Waals surface area contributed by atoms with Crippen LogP contribution in [0.1, 0.15) is 26.2 Å². The highest BCUT2D eigenvalue weighted by Gasteiger charge is 2.11. The Morgan fingerprint density at radius 1 is 1.25 bits per heavy atom. The SMILES string of the molecule is CC(CCCC[N+](=O)[O-])[N+](=O)[O-]. The maximum atomic E-state index is 10.1. The van der Waals surface area contributed by atoms with Crippen LogP contribution in [-0.4, -0.2) is 22.4 Å². The molecule has 0 fully saturated rings. The number of rotatable bonds is 6. The molecule has 6 heteroatoms. The third-order valence-electron chi connectivity index (χ3n) is 1.57. The van der Waals surface area contributed by atoms with E-state index in [1.54, 1.807) is 0 Å². The van der Waals surface area contributed by atoms with E-state index in [1.165, 1.54) is 6.92 Å². The van der Waals surface area contributed by atoms with Crippen LogP contribution in [-0.2, 0) is 0 Å². The molecule has 0 aromatic heterocycles. The zero-order chi connectivity index (χ0) is 9.56. The van der Waals surface area contributed by atoms with E-state index >= 15 is 0 Å². The molecule has 0 aliphatic carbocycles. The van der Waals surface area contributed by atoms with Crippen molar-refractivity contribution in [1.82, 2.24) is 0 Å². The van der Waals surface area contributed by atoms with Crippen LogP contribution < -0.4 is 0 Å². The Kier molecular flexibility index (Phi) is 4.91. The Labute approximate surface area is 69.9 Å². The van der Waals surface area contributed by atoms with Crippen LogP contribution >= 0.6 is 0 Å². The van der Waals surface area contributed by atoms with Gasteiger partial charge in [-0.15, -0.1) is 0 Å². The van der Waals surface area contributed by atoms with E-state index in [0.29, 0.717) is 19.3 Å². The molecular weight excluding hydrogens is 164 g/mol. The Hall–Kier alpha value is -1.20. The summed E-state index contributed by atoms with van der Waals surface area (Å²) in [4.78, 5) is 19.2. The molecule has 0 amide bonds. The zero-order valence-electron chi connectivity index (χ0n) is 6.93. The van der Waals surface area contributed by atoms with Crippen LogP contribution in [0.2, 0.25) is 0 Å². The average Bonchev–Trinajstić information content (AvgIpc) is 1.97. The lowest BCUT2D eigenvalue weighted by Crippen LogP contribution is -2.14. The first kappa shape index (κ1) is 10.8. The summed E-state index contributed by atoms with van der Waals surface area (Å²) in [5, 5.41) is 19.9. The molecule has 12 heavy (non-hydrogen) atoms. The van der Waals surface area contributed by atoms with Gasteiger partial charge in [0, 0.05) is 29.6 Å². The predicted molar refractivity (Wildman–Crippen MR) is 42.2 cm³/mol. The number of hydrogen-bond donors (Lipinski definition) is 0. The molecule has 0 bridgehead atoms. The Morgan fingerprint density at radius 2 is 1.83 bits per heavy atom. The molecule has 0 aliphatic heterocycles. The quantitative estimate of drug-likeness (QED) is 0.344. The first-order valence-corrected chi connectivity index (χ1v) is 3.79. The van der Waals surface area contributed by atoms with E-state index in [4.69, 9.17) is 0 Å². The molecule has 0 saturated heterocycles. The minimum absolute atomic E-state index is 0.0928. The van der Waals surface area contributed by atoms with Gasteiger partial charge in [0.05, 0.1) is 0 Å². The highest BCUT2D eigenvalue weighted by atomic mass is 16.6. The van der Waals surface area contributed by atoms with Crippen LogP contribution in [0.3, 0.4) is 0 Å². The van der Waals surface area contributed by atoms with E-state index in [2.05, 4.69) is 0 Å². The maximum absolute atomic E-state index is 10.1. The van der Waals surface area contributed by atoms with Crippen molar-refractivity contribution in [3.63, 3.8) is 0 Å². The monoisotopic (exact) mass is 176 g/mol. The molecule has 0 aromatic carbocycles. The number of nitro groups is 2. The predicted octanol–water partition coefficient (Wildman–Crippen LogP) is 1.10. The van der Waals surface area contributed by atoms with Gasteiger partial charge >= 0.3 is 0 Å². The second-order valence-corrected chi connectivity index (χ2v) is 2.69. The van der Waals surface area contributed by atoms with Gasteiger partial charge in [-0.1, -0.05) is 0 Å². The molecule has 70 valence electrons. The fourth-order valence-electron chi connectivity index (χ4n) is 0.786. The lowest BCUT2D eigenvalue weighted by Gasteiger charge is -2.00. The first-order chi connectivity index (χ1) is 5.54. The molecule has 1 unspecified atom stereocenters. The molecule has 6 nitrogen and oxygen atoms in total. The van der Waals surface area contributed by atoms with Gasteiger partial charge in [-0.05, 0) is 6.42 Å². The number of unbranched alkanes of at least 4 members (excludes halogenated alkanes) is 1. The normalized spacial score (nSPS) is 12.4. The standard InChI is InChI=1S/C6H12N2O4/c1-6(8(11)12)4-2-3-5-7(9)10/h6H,2-5H2,1H3. The maximum Gasteiger partial charge on any atom is 0.210 e. The van der Waals surface area contributed by atoms with Crippen molar-refractivity contribution in [1.29, 1.82) is 0 Å². The van der Waals surface area contributed by atoms with Gasteiger partial charge in [-0.3, -0.25) is 20.2 Å². The molecule has 0 N–H and O–H groups in total. The molecule has 0 aromatic rings. The lowest BCUT2D eigenvalue weighted by molar-refractivity contribution is -0.519. The summed E-state index contributed by atoms with van der Waals surface area (Å²) in [5.74, 6) is 0. The van der Waals surface area contributed by atoms with Crippen LogP contribution in [0.15, 0.2) is 0 Å². The van der Waals surface area contributed by atoms with Crippen LogP contribution in [0.4, 0.5) is 0 Å². The topological polar surface area (TPSA) is 86.3 Å². The third kappa shape index (κ3) is 5.57. The molecule has 0 spiro atoms. The highest BCUT2D eigenvalue weighted by Crippen LogP contribution is 2.02. The van der Waals surface area contributed by atoms with Gasteiger partial charge in [0.1, 0.15) is 0 Å². The number of hydrogen-bond acceptors (Lipinski definition) is 4. The second kappa shape index (κ2) is 5.45. The van der Waals surface area contributed by atoms with E-state index in [9.17, 15) is 20.2 Å². The van der Waals surface area contributed by atoms with Crippen LogP contribution in [0.5, 0.6) is 0 Å². The lowest BCUT2D eigenvalue weighted by atomic mass is 10.1. The number of nitrogens with zero attached hydrogens (tertiary/aromatic N) is 2. The minimum Gasteiger partial charge on any atom is -0.265 e. The van der Waals surface area contributed by atoms with Crippen molar-refractivity contribution in [3.8, 4) is 0 Å². The van der Waals surface area contributed by atoms with Crippen molar-refractivity contribution >= 4 is 0 Å². The van der Waals surface area contributed by atoms with E-state index in [-0.39, 0.29) is 11.5 Å². The summed E-state index contributed by atoms with van der Waals surface area (Å²) < 4.78 is 0. The van der Waals surface area contributed by atoms with Crippen LogP contribution in [0.25, 0.3) is 0 Å². The zero-order valence-corrected chi connectivity index (χ0v) is 6.93. The van der Waals surface area contributed by atoms with Gasteiger partial charge in [0.25, 0.3) is 0 Å². The molecule has 0 rings (SSSR count). The average molecular weight is 176 g/mol. The minimum atomic E-state index is -0.586. The van der Waals surface area contributed by atoms with Gasteiger partial charge in [0.15, 0.2) is 0 Å². The van der Waals surface area contributed by atoms with Crippen LogP contribution in [0, 0.1) is 20.2 Å². The molecule has 0 saturated carbocycles. The Balaban J connectivity index is 3.31. The summed E-state index contributed by atoms with van der Waals surface area (Å²) >= 11 is 0. The Morgan fingerprint density at radius 3 is 2.25 bits per heavy atom. The van der Waals surface area contributed by atoms with E-state index < -0.39 is 11.0 Å². The van der Waals surface area contributed by atoms with Gasteiger partial charge in [0.2, 0.25) is 12.6 Å². The van der Waals surface area contributed by atoms with Gasteiger partial charge < -0.3 is 0 Å². The molecule has 0 radical (unpaired) electrons. The fraction of sp³-hybridized carbons (Fsp3) is 1.00. The fourth-order valence-corrected chi connectivity index (χ4v) is 0.786. The Bertz CT molecular complexity index is 171. The highest BCUT2D eigenvalue weighted by molar-refractivity contribution is 4.48. The van der Waals surface area contributed by atoms with Gasteiger partial charge in [-0.2, -0.15) is 0 Å². The van der Waals surface area contributed by atoms with E-state index in [1.807, 2.05) is 0 Å². The van der Waals surface area contributed by atoms with Crippen molar-refractivity contribution in [2.75, 3.05) is 6.54 Å². The molecule has 1 atom stereocenters. The van der Waals surface area contributed by atoms with Crippen molar-refractivity contribution in [2.24, 2.45) is 0 Å². The summed E-state index contributed by atoms with van der Waals surface area (Å²) in [6, 6.07) is -0.586. The summed E-state index contributed by atoms with van der Waals surface area (Å²) in [5.41, 5.74) is 0.